The van der Waals surface area contributed by atoms with Gasteiger partial charge in [0.2, 0.25) is 0 Å². The van der Waals surface area contributed by atoms with E-state index in [0.29, 0.717) is 6.04 Å². The minimum Gasteiger partial charge on any atom is -0.367 e. The Balaban J connectivity index is 1.40. The predicted molar refractivity (Wildman–Crippen MR) is 105 cm³/mol. The zero-order chi connectivity index (χ0) is 18.1. The number of hydrogen-bond donors (Lipinski definition) is 1. The van der Waals surface area contributed by atoms with Crippen LogP contribution in [0.3, 0.4) is 0 Å². The molecule has 1 aromatic carbocycles. The molecule has 1 fully saturated rings. The van der Waals surface area contributed by atoms with Crippen molar-refractivity contribution in [1.82, 2.24) is 14.9 Å². The first-order valence-electron chi connectivity index (χ1n) is 8.73. The molecule has 136 valence electrons. The van der Waals surface area contributed by atoms with Crippen LogP contribution in [0.25, 0.3) is 10.2 Å². The van der Waals surface area contributed by atoms with Gasteiger partial charge in [0.05, 0.1) is 9.72 Å². The Kier molecular flexibility index (Phi) is 5.07. The SMILES string of the molecule is Cc1c(Cl)sc2ncnc(NC3CCN(Cc4cccc(F)c4)CC3)c12. The molecule has 1 saturated heterocycles. The van der Waals surface area contributed by atoms with E-state index >= 15 is 0 Å². The number of likely N-dealkylation sites (tertiary alicyclic amines) is 1. The van der Waals surface area contributed by atoms with E-state index in [0.717, 1.165) is 64.0 Å². The van der Waals surface area contributed by atoms with Gasteiger partial charge in [0, 0.05) is 25.7 Å². The maximum Gasteiger partial charge on any atom is 0.138 e. The van der Waals surface area contributed by atoms with Crippen molar-refractivity contribution in [1.29, 1.82) is 0 Å². The fourth-order valence-corrected chi connectivity index (χ4v) is 4.67. The number of aromatic nitrogens is 2. The molecule has 0 amide bonds. The zero-order valence-electron chi connectivity index (χ0n) is 14.5. The lowest BCUT2D eigenvalue weighted by Crippen LogP contribution is -2.38. The molecular weight excluding hydrogens is 371 g/mol. The Hall–Kier alpha value is -1.76. The molecule has 0 spiro atoms. The van der Waals surface area contributed by atoms with Crippen LogP contribution in [-0.2, 0) is 6.54 Å². The van der Waals surface area contributed by atoms with Gasteiger partial charge in [-0.1, -0.05) is 23.7 Å². The molecule has 2 aromatic heterocycles. The summed E-state index contributed by atoms with van der Waals surface area (Å²) >= 11 is 7.76. The normalized spacial score (nSPS) is 16.3. The van der Waals surface area contributed by atoms with E-state index in [1.807, 2.05) is 13.0 Å². The van der Waals surface area contributed by atoms with Crippen LogP contribution in [0, 0.1) is 12.7 Å². The molecule has 3 heterocycles. The number of nitrogens with one attached hydrogen (secondary N) is 1. The number of aryl methyl sites for hydroxylation is 1. The number of thiophene rings is 1. The van der Waals surface area contributed by atoms with Gasteiger partial charge in [-0.05, 0) is 43.0 Å². The van der Waals surface area contributed by atoms with Gasteiger partial charge in [-0.25, -0.2) is 14.4 Å². The van der Waals surface area contributed by atoms with Crippen molar-refractivity contribution in [2.24, 2.45) is 0 Å². The summed E-state index contributed by atoms with van der Waals surface area (Å²) in [5.74, 6) is 0.704. The Morgan fingerprint density at radius 2 is 2.12 bits per heavy atom. The molecule has 0 radical (unpaired) electrons. The average molecular weight is 391 g/mol. The first-order chi connectivity index (χ1) is 12.6. The molecule has 1 aliphatic rings. The fraction of sp³-hybridized carbons (Fsp3) is 0.368. The summed E-state index contributed by atoms with van der Waals surface area (Å²) in [5.41, 5.74) is 2.07. The van der Waals surface area contributed by atoms with Gasteiger partial charge in [0.15, 0.2) is 0 Å². The minimum absolute atomic E-state index is 0.170. The number of fused-ring (bicyclic) bond motifs is 1. The second kappa shape index (κ2) is 7.47. The molecule has 4 rings (SSSR count). The highest BCUT2D eigenvalue weighted by atomic mass is 35.5. The van der Waals surface area contributed by atoms with Crippen LogP contribution in [0.4, 0.5) is 10.2 Å². The molecule has 0 atom stereocenters. The van der Waals surface area contributed by atoms with E-state index in [1.165, 1.54) is 17.4 Å². The molecule has 3 aromatic rings. The van der Waals surface area contributed by atoms with Gasteiger partial charge in [-0.2, -0.15) is 0 Å². The number of nitrogens with zero attached hydrogens (tertiary/aromatic N) is 3. The van der Waals surface area contributed by atoms with E-state index in [-0.39, 0.29) is 5.82 Å². The van der Waals surface area contributed by atoms with Crippen molar-refractivity contribution in [2.45, 2.75) is 32.4 Å². The first kappa shape index (κ1) is 17.6. The van der Waals surface area contributed by atoms with Crippen molar-refractivity contribution in [3.05, 3.63) is 51.9 Å². The predicted octanol–water partition coefficient (Wildman–Crippen LogP) is 4.87. The topological polar surface area (TPSA) is 41.1 Å². The Morgan fingerprint density at radius 3 is 2.88 bits per heavy atom. The van der Waals surface area contributed by atoms with Gasteiger partial charge in [-0.15, -0.1) is 11.3 Å². The standard InChI is InChI=1S/C19H20ClFN4S/c1-12-16-18(22-11-23-19(16)26-17(12)20)24-15-5-7-25(8-6-15)10-13-3-2-4-14(21)9-13/h2-4,9,11,15H,5-8,10H2,1H3,(H,22,23,24). The molecule has 0 unspecified atom stereocenters. The molecular formula is C19H20ClFN4S. The van der Waals surface area contributed by atoms with E-state index in [1.54, 1.807) is 18.5 Å². The van der Waals surface area contributed by atoms with Crippen LogP contribution in [0.5, 0.6) is 0 Å². The number of hydrogen-bond acceptors (Lipinski definition) is 5. The maximum absolute atomic E-state index is 13.3. The first-order valence-corrected chi connectivity index (χ1v) is 9.92. The second-order valence-corrected chi connectivity index (χ2v) is 8.33. The second-order valence-electron chi connectivity index (χ2n) is 6.73. The third-order valence-electron chi connectivity index (χ3n) is 4.89. The van der Waals surface area contributed by atoms with Gasteiger partial charge in [-0.3, -0.25) is 4.90 Å². The van der Waals surface area contributed by atoms with Gasteiger partial charge < -0.3 is 5.32 Å². The number of halogens is 2. The van der Waals surface area contributed by atoms with E-state index in [4.69, 9.17) is 11.6 Å². The number of rotatable bonds is 4. The summed E-state index contributed by atoms with van der Waals surface area (Å²) in [4.78, 5) is 12.1. The largest absolute Gasteiger partial charge is 0.367 e. The van der Waals surface area contributed by atoms with E-state index in [9.17, 15) is 4.39 Å². The maximum atomic E-state index is 13.3. The highest BCUT2D eigenvalue weighted by Gasteiger charge is 2.21. The smallest absolute Gasteiger partial charge is 0.138 e. The Bertz CT molecular complexity index is 921. The lowest BCUT2D eigenvalue weighted by molar-refractivity contribution is 0.211. The molecule has 1 N–H and O–H groups in total. The highest BCUT2D eigenvalue weighted by molar-refractivity contribution is 7.22. The third-order valence-corrected chi connectivity index (χ3v) is 6.40. The summed E-state index contributed by atoms with van der Waals surface area (Å²) in [6, 6.07) is 7.23. The molecule has 0 aliphatic carbocycles. The van der Waals surface area contributed by atoms with E-state index < -0.39 is 0 Å². The summed E-state index contributed by atoms with van der Waals surface area (Å²) in [7, 11) is 0. The average Bonchev–Trinajstić information content (AvgIpc) is 2.92. The molecule has 0 saturated carbocycles. The fourth-order valence-electron chi connectivity index (χ4n) is 3.48. The van der Waals surface area contributed by atoms with Crippen LogP contribution in [0.2, 0.25) is 4.34 Å². The van der Waals surface area contributed by atoms with Crippen molar-refractivity contribution in [2.75, 3.05) is 18.4 Å². The number of benzene rings is 1. The van der Waals surface area contributed by atoms with Crippen LogP contribution in [0.15, 0.2) is 30.6 Å². The number of piperidine rings is 1. The van der Waals surface area contributed by atoms with Gasteiger partial charge in [0.1, 0.15) is 22.8 Å². The third kappa shape index (κ3) is 3.68. The zero-order valence-corrected chi connectivity index (χ0v) is 16.1. The van der Waals surface area contributed by atoms with Gasteiger partial charge >= 0.3 is 0 Å². The van der Waals surface area contributed by atoms with Crippen LogP contribution < -0.4 is 5.32 Å². The van der Waals surface area contributed by atoms with E-state index in [2.05, 4.69) is 20.2 Å². The van der Waals surface area contributed by atoms with Crippen molar-refractivity contribution in [3.63, 3.8) is 0 Å². The van der Waals surface area contributed by atoms with Crippen molar-refractivity contribution in [3.8, 4) is 0 Å². The van der Waals surface area contributed by atoms with Crippen LogP contribution in [-0.4, -0.2) is 34.0 Å². The summed E-state index contributed by atoms with van der Waals surface area (Å²) < 4.78 is 14.1. The van der Waals surface area contributed by atoms with Crippen LogP contribution >= 0.6 is 22.9 Å². The summed E-state index contributed by atoms with van der Waals surface area (Å²) in [6.07, 6.45) is 3.64. The lowest BCUT2D eigenvalue weighted by atomic mass is 10.0. The Labute approximate surface area is 161 Å². The molecule has 7 heteroatoms. The Morgan fingerprint density at radius 1 is 1.31 bits per heavy atom. The van der Waals surface area contributed by atoms with Crippen molar-refractivity contribution < 1.29 is 4.39 Å². The summed E-state index contributed by atoms with van der Waals surface area (Å²) in [5, 5.41) is 4.61. The van der Waals surface area contributed by atoms with Gasteiger partial charge in [0.25, 0.3) is 0 Å². The van der Waals surface area contributed by atoms with Crippen molar-refractivity contribution >= 4 is 39.0 Å². The van der Waals surface area contributed by atoms with Crippen LogP contribution in [0.1, 0.15) is 24.0 Å². The quantitative estimate of drug-likeness (QED) is 0.690. The lowest BCUT2D eigenvalue weighted by Gasteiger charge is -2.32. The minimum atomic E-state index is -0.170. The monoisotopic (exact) mass is 390 g/mol. The molecule has 26 heavy (non-hydrogen) atoms. The number of anilines is 1. The molecule has 4 nitrogen and oxygen atoms in total. The highest BCUT2D eigenvalue weighted by Crippen LogP contribution is 2.36. The summed E-state index contributed by atoms with van der Waals surface area (Å²) in [6.45, 7) is 4.76. The molecule has 0 bridgehead atoms. The molecule has 1 aliphatic heterocycles.